The molecule has 4 aromatic rings. The molecule has 4 aliphatic rings. The van der Waals surface area contributed by atoms with Crippen LogP contribution in [0.2, 0.25) is 0 Å². The molecule has 4 aromatic heterocycles. The number of fused-ring (bicyclic) bond motifs is 4. The highest BCUT2D eigenvalue weighted by Gasteiger charge is 2.42. The van der Waals surface area contributed by atoms with Crippen LogP contribution in [0.15, 0.2) is 8.42 Å². The van der Waals surface area contributed by atoms with E-state index in [1.54, 1.807) is 68.9 Å². The van der Waals surface area contributed by atoms with Crippen molar-refractivity contribution in [3.8, 4) is 75.3 Å². The van der Waals surface area contributed by atoms with E-state index >= 15 is 0 Å². The van der Waals surface area contributed by atoms with Crippen LogP contribution in [0, 0.1) is 10.8 Å². The Morgan fingerprint density at radius 3 is 1.02 bits per heavy atom. The quantitative estimate of drug-likeness (QED) is 0.153. The smallest absolute Gasteiger partial charge is 0.186 e. The van der Waals surface area contributed by atoms with Gasteiger partial charge >= 0.3 is 0 Å². The topological polar surface area (TPSA) is 73.8 Å². The lowest BCUT2D eigenvalue weighted by Gasteiger charge is -2.28. The van der Waals surface area contributed by atoms with Crippen LogP contribution in [-0.4, -0.2) is 65.4 Å². The second kappa shape index (κ2) is 14.0. The van der Waals surface area contributed by atoms with E-state index in [4.69, 9.17) is 37.9 Å². The van der Waals surface area contributed by atoms with Crippen molar-refractivity contribution >= 4 is 68.9 Å². The summed E-state index contributed by atoms with van der Waals surface area (Å²) < 4.78 is 54.6. The van der Waals surface area contributed by atoms with Crippen molar-refractivity contribution in [1.29, 1.82) is 0 Å². The molecule has 270 valence electrons. The number of rotatable bonds is 9. The van der Waals surface area contributed by atoms with Crippen molar-refractivity contribution in [2.45, 2.75) is 61.8 Å². The Kier molecular flexibility index (Phi) is 9.81. The van der Waals surface area contributed by atoms with E-state index in [1.807, 2.05) is 0 Å². The molecule has 0 radical (unpaired) electrons. The summed E-state index contributed by atoms with van der Waals surface area (Å²) in [6.45, 7) is 13.3. The van der Waals surface area contributed by atoms with Gasteiger partial charge in [-0.2, -0.15) is 0 Å². The molecule has 4 aliphatic heterocycles. The Hall–Kier alpha value is -2.10. The molecule has 0 N–H and O–H groups in total. The Morgan fingerprint density at radius 1 is 0.400 bits per heavy atom. The molecule has 0 fully saturated rings. The number of hydrogen-bond acceptors (Lipinski definition) is 14. The first-order chi connectivity index (χ1) is 24.4. The van der Waals surface area contributed by atoms with E-state index in [0.717, 1.165) is 109 Å². The summed E-state index contributed by atoms with van der Waals surface area (Å²) >= 11 is 10.1. The van der Waals surface area contributed by atoms with E-state index in [-0.39, 0.29) is 10.8 Å². The molecule has 14 heteroatoms. The molecule has 0 bridgehead atoms. The monoisotopic (exact) mass is 794 g/mol. The molecule has 0 aromatic carbocycles. The van der Waals surface area contributed by atoms with E-state index in [2.05, 4.69) is 40.2 Å². The summed E-state index contributed by atoms with van der Waals surface area (Å²) in [6.07, 6.45) is 8.07. The number of thioether (sulfide) groups is 2. The molecule has 0 saturated carbocycles. The zero-order valence-corrected chi connectivity index (χ0v) is 34.1. The minimum atomic E-state index is -0.0925. The van der Waals surface area contributed by atoms with Gasteiger partial charge in [0.25, 0.3) is 0 Å². The minimum Gasteiger partial charge on any atom is -0.487 e. The van der Waals surface area contributed by atoms with Crippen LogP contribution in [0.3, 0.4) is 0 Å². The average molecular weight is 795 g/mol. The second-order valence-electron chi connectivity index (χ2n) is 13.0. The van der Waals surface area contributed by atoms with Crippen molar-refractivity contribution in [3.05, 3.63) is 0 Å². The third kappa shape index (κ3) is 5.66. The predicted octanol–water partition coefficient (Wildman–Crippen LogP) is 11.1. The number of ether oxygens (including phenoxy) is 8. The third-order valence-corrected chi connectivity index (χ3v) is 17.8. The van der Waals surface area contributed by atoms with Crippen molar-refractivity contribution < 1.29 is 37.9 Å². The Balaban J connectivity index is 1.31. The van der Waals surface area contributed by atoms with Crippen molar-refractivity contribution in [2.75, 3.05) is 65.4 Å². The largest absolute Gasteiger partial charge is 0.487 e. The maximum Gasteiger partial charge on any atom is 0.186 e. The van der Waals surface area contributed by atoms with Gasteiger partial charge in [0.15, 0.2) is 46.0 Å². The van der Waals surface area contributed by atoms with Gasteiger partial charge in [-0.25, -0.2) is 0 Å². The average Bonchev–Trinajstić information content (AvgIpc) is 3.86. The molecule has 0 amide bonds. The summed E-state index contributed by atoms with van der Waals surface area (Å²) in [5.41, 5.74) is -0.122. The first-order valence-corrected chi connectivity index (χ1v) is 22.9. The molecule has 8 rings (SSSR count). The van der Waals surface area contributed by atoms with Crippen LogP contribution < -0.4 is 37.9 Å². The van der Waals surface area contributed by atoms with Crippen molar-refractivity contribution in [3.63, 3.8) is 0 Å². The summed E-state index contributed by atoms with van der Waals surface area (Å²) in [6, 6.07) is 0. The lowest BCUT2D eigenvalue weighted by Crippen LogP contribution is -2.32. The third-order valence-electron chi connectivity index (χ3n) is 10.5. The van der Waals surface area contributed by atoms with Gasteiger partial charge in [-0.15, -0.1) is 68.9 Å². The SMILES string of the molecule is CCC1(CC)COc2c(SC)sc(-c3sc(-c4sc(-c5sc(SC)c6c5OCCO6)c5c4OCCO5)c4c3OCC(CC)(CC)CO4)c2OC1. The van der Waals surface area contributed by atoms with Gasteiger partial charge in [0.05, 0.1) is 55.7 Å². The van der Waals surface area contributed by atoms with Crippen LogP contribution in [0.5, 0.6) is 46.0 Å². The van der Waals surface area contributed by atoms with Gasteiger partial charge in [0.2, 0.25) is 0 Å². The van der Waals surface area contributed by atoms with E-state index < -0.39 is 0 Å². The van der Waals surface area contributed by atoms with E-state index in [0.29, 0.717) is 52.9 Å². The molecule has 50 heavy (non-hydrogen) atoms. The predicted molar refractivity (Wildman–Crippen MR) is 208 cm³/mol. The lowest BCUT2D eigenvalue weighted by molar-refractivity contribution is 0.0936. The summed E-state index contributed by atoms with van der Waals surface area (Å²) in [4.78, 5) is 5.96. The molecule has 0 unspecified atom stereocenters. The highest BCUT2D eigenvalue weighted by Crippen LogP contribution is 2.66. The highest BCUT2D eigenvalue weighted by molar-refractivity contribution is 8.00. The molecule has 8 nitrogen and oxygen atoms in total. The summed E-state index contributed by atoms with van der Waals surface area (Å²) in [5, 5.41) is 0. The van der Waals surface area contributed by atoms with E-state index in [9.17, 15) is 0 Å². The zero-order chi connectivity index (χ0) is 34.6. The van der Waals surface area contributed by atoms with Gasteiger partial charge < -0.3 is 37.9 Å². The molecule has 8 heterocycles. The summed E-state index contributed by atoms with van der Waals surface area (Å²) in [7, 11) is 0. The van der Waals surface area contributed by atoms with Crippen molar-refractivity contribution in [1.82, 2.24) is 0 Å². The first kappa shape index (κ1) is 35.0. The van der Waals surface area contributed by atoms with Gasteiger partial charge in [0, 0.05) is 10.8 Å². The number of thiophene rings is 4. The molecule has 0 saturated heterocycles. The fraction of sp³-hybridized carbons (Fsp3) is 0.556. The Morgan fingerprint density at radius 2 is 0.660 bits per heavy atom. The standard InChI is InChI=1S/C36H42O8S6/c1-7-35(8-2)15-41-21-22(42-16-35)30(32-24-26(34(46-6)50-32)44-18-36(9-3,10-4)17-43-24)48-29(21)27-19-20(38-12-11-37-19)28(47-27)31-23-25(33(45-5)49-31)40-14-13-39-23/h7-18H2,1-6H3. The van der Waals surface area contributed by atoms with Gasteiger partial charge in [-0.3, -0.25) is 0 Å². The summed E-state index contributed by atoms with van der Waals surface area (Å²) in [5.74, 6) is 6.28. The van der Waals surface area contributed by atoms with Crippen molar-refractivity contribution in [2.24, 2.45) is 10.8 Å². The fourth-order valence-corrected chi connectivity index (χ4v) is 13.1. The number of hydrogen-bond donors (Lipinski definition) is 0. The van der Waals surface area contributed by atoms with Crippen LogP contribution in [-0.2, 0) is 0 Å². The van der Waals surface area contributed by atoms with Gasteiger partial charge in [-0.1, -0.05) is 27.7 Å². The van der Waals surface area contributed by atoms with Crippen LogP contribution >= 0.6 is 68.9 Å². The Labute approximate surface area is 318 Å². The van der Waals surface area contributed by atoms with Crippen LogP contribution in [0.1, 0.15) is 53.4 Å². The zero-order valence-electron chi connectivity index (χ0n) is 29.2. The maximum absolute atomic E-state index is 6.90. The Bertz CT molecular complexity index is 1880. The lowest BCUT2D eigenvalue weighted by atomic mass is 9.84. The molecule has 0 aliphatic carbocycles. The fourth-order valence-electron chi connectivity index (χ4n) is 6.64. The molecule has 0 atom stereocenters. The second-order valence-corrected chi connectivity index (χ2v) is 19.2. The van der Waals surface area contributed by atoms with Gasteiger partial charge in [0.1, 0.15) is 34.8 Å². The van der Waals surface area contributed by atoms with Crippen LogP contribution in [0.4, 0.5) is 0 Å². The molecular weight excluding hydrogens is 753 g/mol. The highest BCUT2D eigenvalue weighted by atomic mass is 32.2. The first-order valence-electron chi connectivity index (χ1n) is 17.2. The van der Waals surface area contributed by atoms with E-state index in [1.165, 1.54) is 0 Å². The normalized spacial score (nSPS) is 18.4. The van der Waals surface area contributed by atoms with Crippen LogP contribution in [0.25, 0.3) is 29.3 Å². The molecule has 0 spiro atoms. The maximum atomic E-state index is 6.90. The molecular formula is C36H42O8S6. The van der Waals surface area contributed by atoms with Gasteiger partial charge in [-0.05, 0) is 38.2 Å². The minimum absolute atomic E-state index is 0.0295.